The highest BCUT2D eigenvalue weighted by molar-refractivity contribution is 5.75. The van der Waals surface area contributed by atoms with Crippen LogP contribution < -0.4 is 5.32 Å². The second-order valence-corrected chi connectivity index (χ2v) is 5.66. The van der Waals surface area contributed by atoms with Crippen LogP contribution in [0.2, 0.25) is 0 Å². The third-order valence-corrected chi connectivity index (χ3v) is 3.80. The third-order valence-electron chi connectivity index (χ3n) is 3.80. The molecule has 1 aliphatic rings. The van der Waals surface area contributed by atoms with E-state index in [0.717, 1.165) is 19.4 Å². The van der Waals surface area contributed by atoms with Gasteiger partial charge in [0.05, 0.1) is 0 Å². The summed E-state index contributed by atoms with van der Waals surface area (Å²) in [5.74, 6) is 0.223. The van der Waals surface area contributed by atoms with Gasteiger partial charge in [0.15, 0.2) is 0 Å². The fourth-order valence-electron chi connectivity index (χ4n) is 2.40. The summed E-state index contributed by atoms with van der Waals surface area (Å²) >= 11 is 0. The van der Waals surface area contributed by atoms with Crippen LogP contribution in [0.4, 0.5) is 0 Å². The van der Waals surface area contributed by atoms with Crippen LogP contribution in [0.25, 0.3) is 0 Å². The van der Waals surface area contributed by atoms with Crippen LogP contribution in [0.3, 0.4) is 0 Å². The third kappa shape index (κ3) is 8.22. The number of piperazine rings is 1. The minimum Gasteiger partial charge on any atom is -0.356 e. The van der Waals surface area contributed by atoms with Gasteiger partial charge in [0, 0.05) is 40.6 Å². The number of nitrogens with one attached hydrogen (secondary N) is 1. The minimum absolute atomic E-state index is 0. The summed E-state index contributed by atoms with van der Waals surface area (Å²) in [7, 11) is 2.20. The summed E-state index contributed by atoms with van der Waals surface area (Å²) in [6.07, 6.45) is 6.49. The number of nitrogens with zero attached hydrogens (tertiary/aromatic N) is 2. The van der Waals surface area contributed by atoms with Crippen molar-refractivity contribution in [2.24, 2.45) is 0 Å². The summed E-state index contributed by atoms with van der Waals surface area (Å²) in [4.78, 5) is 16.3. The van der Waals surface area contributed by atoms with Crippen molar-refractivity contribution >= 4 is 5.91 Å². The van der Waals surface area contributed by atoms with E-state index in [-0.39, 0.29) is 7.33 Å². The van der Waals surface area contributed by atoms with E-state index in [9.17, 15) is 4.79 Å². The van der Waals surface area contributed by atoms with E-state index >= 15 is 0 Å². The van der Waals surface area contributed by atoms with Crippen LogP contribution in [0.15, 0.2) is 0 Å². The van der Waals surface area contributed by atoms with Crippen molar-refractivity contribution in [2.45, 2.75) is 45.4 Å². The molecule has 1 N–H and O–H groups in total. The molecule has 0 aliphatic carbocycles. The molecule has 19 heavy (non-hydrogen) atoms. The standard InChI is InChI=1S/C15H31N3O.H2/c1-3-9-16-15(19)8-6-4-5-7-10-18-13-11-17(2)12-14-18;/h3-14H2,1-2H3,(H,16,19);1H. The molecule has 1 amide bonds. The summed E-state index contributed by atoms with van der Waals surface area (Å²) in [5.41, 5.74) is 0. The van der Waals surface area contributed by atoms with E-state index in [2.05, 4.69) is 29.1 Å². The highest BCUT2D eigenvalue weighted by Gasteiger charge is 2.12. The van der Waals surface area contributed by atoms with E-state index in [1.165, 1.54) is 52.0 Å². The van der Waals surface area contributed by atoms with E-state index < -0.39 is 0 Å². The molecule has 0 aromatic rings. The maximum Gasteiger partial charge on any atom is 0.219 e. The van der Waals surface area contributed by atoms with Crippen LogP contribution in [0, 0.1) is 0 Å². The predicted octanol–water partition coefficient (Wildman–Crippen LogP) is 1.96. The van der Waals surface area contributed by atoms with Crippen LogP contribution in [0.5, 0.6) is 0 Å². The number of unbranched alkanes of at least 4 members (excludes halogenated alkanes) is 3. The summed E-state index contributed by atoms with van der Waals surface area (Å²) in [6.45, 7) is 8.98. The van der Waals surface area contributed by atoms with Gasteiger partial charge in [0.25, 0.3) is 0 Å². The number of hydrogen-bond acceptors (Lipinski definition) is 3. The normalized spacial score (nSPS) is 17.6. The van der Waals surface area contributed by atoms with E-state index in [1.807, 2.05) is 0 Å². The Morgan fingerprint density at radius 1 is 1.11 bits per heavy atom. The Morgan fingerprint density at radius 3 is 2.47 bits per heavy atom. The van der Waals surface area contributed by atoms with E-state index in [0.29, 0.717) is 6.42 Å². The Balaban J connectivity index is 0.00000361. The number of carbonyl (C=O) groups is 1. The van der Waals surface area contributed by atoms with Gasteiger partial charge in [-0.05, 0) is 32.9 Å². The van der Waals surface area contributed by atoms with E-state index in [1.54, 1.807) is 0 Å². The van der Waals surface area contributed by atoms with Crippen LogP contribution in [0.1, 0.15) is 46.9 Å². The van der Waals surface area contributed by atoms with Crippen LogP contribution >= 0.6 is 0 Å². The highest BCUT2D eigenvalue weighted by atomic mass is 16.1. The number of hydrogen-bond donors (Lipinski definition) is 1. The zero-order valence-electron chi connectivity index (χ0n) is 12.8. The molecule has 4 heteroatoms. The molecule has 1 fully saturated rings. The molecule has 0 aromatic carbocycles. The largest absolute Gasteiger partial charge is 0.356 e. The molecule has 0 saturated carbocycles. The van der Waals surface area contributed by atoms with Gasteiger partial charge < -0.3 is 15.1 Å². The first-order valence-corrected chi connectivity index (χ1v) is 7.90. The first kappa shape index (κ1) is 16.4. The van der Waals surface area contributed by atoms with Gasteiger partial charge in [0.2, 0.25) is 5.91 Å². The first-order chi connectivity index (χ1) is 9.22. The Labute approximate surface area is 120 Å². The van der Waals surface area contributed by atoms with Gasteiger partial charge in [-0.3, -0.25) is 4.79 Å². The molecule has 1 saturated heterocycles. The number of amides is 1. The molecule has 0 aromatic heterocycles. The molecule has 4 nitrogen and oxygen atoms in total. The molecular formula is C15H33N3O. The van der Waals surface area contributed by atoms with Crippen LogP contribution in [-0.2, 0) is 4.79 Å². The number of likely N-dealkylation sites (N-methyl/N-ethyl adjacent to an activating group) is 1. The number of carbonyl (C=O) groups excluding carboxylic acids is 1. The Kier molecular flexibility index (Phi) is 8.84. The average Bonchev–Trinajstić information content (AvgIpc) is 2.42. The lowest BCUT2D eigenvalue weighted by atomic mass is 10.1. The fraction of sp³-hybridized carbons (Fsp3) is 0.933. The molecule has 1 aliphatic heterocycles. The smallest absolute Gasteiger partial charge is 0.219 e. The molecule has 1 heterocycles. The van der Waals surface area contributed by atoms with Crippen molar-refractivity contribution in [1.82, 2.24) is 15.1 Å². The average molecular weight is 271 g/mol. The maximum atomic E-state index is 11.4. The van der Waals surface area contributed by atoms with Crippen molar-refractivity contribution in [3.05, 3.63) is 0 Å². The molecule has 0 unspecified atom stereocenters. The SMILES string of the molecule is CCCNC(=O)CCCCCCN1CCN(C)CC1.[HH]. The number of rotatable bonds is 9. The fourth-order valence-corrected chi connectivity index (χ4v) is 2.40. The van der Waals surface area contributed by atoms with Crippen molar-refractivity contribution in [1.29, 1.82) is 0 Å². The zero-order valence-corrected chi connectivity index (χ0v) is 12.8. The van der Waals surface area contributed by atoms with Crippen molar-refractivity contribution in [3.8, 4) is 0 Å². The lowest BCUT2D eigenvalue weighted by Gasteiger charge is -2.32. The molecule has 114 valence electrons. The summed E-state index contributed by atoms with van der Waals surface area (Å²) in [6, 6.07) is 0. The Morgan fingerprint density at radius 2 is 1.79 bits per heavy atom. The van der Waals surface area contributed by atoms with Crippen molar-refractivity contribution in [3.63, 3.8) is 0 Å². The van der Waals surface area contributed by atoms with Gasteiger partial charge in [-0.1, -0.05) is 19.8 Å². The van der Waals surface area contributed by atoms with Gasteiger partial charge in [0.1, 0.15) is 0 Å². The topological polar surface area (TPSA) is 35.6 Å². The second-order valence-electron chi connectivity index (χ2n) is 5.66. The monoisotopic (exact) mass is 271 g/mol. The quantitative estimate of drug-likeness (QED) is 0.651. The summed E-state index contributed by atoms with van der Waals surface area (Å²) in [5, 5.41) is 2.93. The van der Waals surface area contributed by atoms with E-state index in [4.69, 9.17) is 0 Å². The van der Waals surface area contributed by atoms with Crippen LogP contribution in [-0.4, -0.2) is 62.0 Å². The first-order valence-electron chi connectivity index (χ1n) is 7.90. The van der Waals surface area contributed by atoms with Gasteiger partial charge in [-0.15, -0.1) is 0 Å². The summed E-state index contributed by atoms with van der Waals surface area (Å²) < 4.78 is 0. The molecular weight excluding hydrogens is 238 g/mol. The van der Waals surface area contributed by atoms with Gasteiger partial charge in [-0.2, -0.15) is 0 Å². The zero-order chi connectivity index (χ0) is 13.9. The maximum absolute atomic E-state index is 11.4. The lowest BCUT2D eigenvalue weighted by molar-refractivity contribution is -0.121. The Hall–Kier alpha value is -0.610. The molecule has 1 rings (SSSR count). The predicted molar refractivity (Wildman–Crippen MR) is 82.4 cm³/mol. The Bertz CT molecular complexity index is 243. The van der Waals surface area contributed by atoms with Gasteiger partial charge in [-0.25, -0.2) is 0 Å². The van der Waals surface area contributed by atoms with Gasteiger partial charge >= 0.3 is 0 Å². The molecule has 0 radical (unpaired) electrons. The second kappa shape index (κ2) is 10.2. The highest BCUT2D eigenvalue weighted by Crippen LogP contribution is 2.06. The molecule has 0 spiro atoms. The molecule has 0 bridgehead atoms. The lowest BCUT2D eigenvalue weighted by Crippen LogP contribution is -2.44. The van der Waals surface area contributed by atoms with Crippen molar-refractivity contribution < 1.29 is 6.22 Å². The minimum atomic E-state index is 0. The van der Waals surface area contributed by atoms with Crippen molar-refractivity contribution in [2.75, 3.05) is 46.3 Å². The molecule has 0 atom stereocenters.